The lowest BCUT2D eigenvalue weighted by atomic mass is 10.2. The van der Waals surface area contributed by atoms with Crippen molar-refractivity contribution in [3.05, 3.63) is 42.3 Å². The molecule has 0 unspecified atom stereocenters. The summed E-state index contributed by atoms with van der Waals surface area (Å²) in [6.45, 7) is 0. The van der Waals surface area contributed by atoms with Gasteiger partial charge in [0.2, 0.25) is 5.95 Å². The van der Waals surface area contributed by atoms with Gasteiger partial charge in [-0.05, 0) is 6.07 Å². The predicted octanol–water partition coefficient (Wildman–Crippen LogP) is 1.46. The molecule has 0 bridgehead atoms. The summed E-state index contributed by atoms with van der Waals surface area (Å²) in [4.78, 5) is 14.8. The first-order valence-corrected chi connectivity index (χ1v) is 4.08. The average Bonchev–Trinajstić information content (AvgIpc) is 2.70. The first-order chi connectivity index (χ1) is 7.25. The van der Waals surface area contributed by atoms with E-state index in [-0.39, 0.29) is 5.56 Å². The molecule has 0 atom stereocenters. The fourth-order valence-corrected chi connectivity index (χ4v) is 1.01. The molecule has 2 aromatic heterocycles. The molecule has 0 aliphatic carbocycles. The molecule has 0 aliphatic rings. The van der Waals surface area contributed by atoms with Crippen molar-refractivity contribution in [3.63, 3.8) is 0 Å². The monoisotopic (exact) mass is 207 g/mol. The summed E-state index contributed by atoms with van der Waals surface area (Å²) in [6.07, 6.45) is 3.84. The topological polar surface area (TPSA) is 68.0 Å². The van der Waals surface area contributed by atoms with Crippen LogP contribution in [0.4, 0.5) is 10.1 Å². The molecule has 76 valence electrons. The van der Waals surface area contributed by atoms with Crippen molar-refractivity contribution < 1.29 is 13.7 Å². The molecule has 2 heterocycles. The van der Waals surface area contributed by atoms with Gasteiger partial charge in [0.05, 0.1) is 6.20 Å². The predicted molar refractivity (Wildman–Crippen MR) is 48.7 cm³/mol. The number of rotatable bonds is 2. The lowest BCUT2D eigenvalue weighted by Crippen LogP contribution is -2.11. The number of nitrogens with zero attached hydrogens (tertiary/aromatic N) is 2. The van der Waals surface area contributed by atoms with Gasteiger partial charge in [-0.15, -0.1) is 0 Å². The number of carbonyl (C=O) groups is 1. The zero-order valence-corrected chi connectivity index (χ0v) is 7.48. The number of anilines is 1. The Hall–Kier alpha value is -2.24. The Morgan fingerprint density at radius 3 is 3.07 bits per heavy atom. The van der Waals surface area contributed by atoms with Crippen molar-refractivity contribution in [2.24, 2.45) is 0 Å². The number of hydrogen-bond acceptors (Lipinski definition) is 4. The molecule has 2 aromatic rings. The summed E-state index contributed by atoms with van der Waals surface area (Å²) < 4.78 is 17.2. The van der Waals surface area contributed by atoms with Gasteiger partial charge in [-0.3, -0.25) is 4.79 Å². The molecule has 0 saturated heterocycles. The third-order valence-electron chi connectivity index (χ3n) is 1.68. The highest BCUT2D eigenvalue weighted by atomic mass is 19.1. The zero-order valence-electron chi connectivity index (χ0n) is 7.48. The minimum Gasteiger partial charge on any atom is -0.363 e. The molecule has 5 nitrogen and oxygen atoms in total. The Morgan fingerprint density at radius 1 is 1.53 bits per heavy atom. The average molecular weight is 207 g/mol. The van der Waals surface area contributed by atoms with Gasteiger partial charge in [0.15, 0.2) is 0 Å². The van der Waals surface area contributed by atoms with Crippen LogP contribution >= 0.6 is 0 Å². The van der Waals surface area contributed by atoms with Gasteiger partial charge in [0.25, 0.3) is 5.91 Å². The Bertz CT molecular complexity index is 470. The van der Waals surface area contributed by atoms with E-state index in [9.17, 15) is 9.18 Å². The second kappa shape index (κ2) is 3.87. The van der Waals surface area contributed by atoms with Gasteiger partial charge in [-0.25, -0.2) is 4.98 Å². The molecule has 0 spiro atoms. The van der Waals surface area contributed by atoms with E-state index in [1.54, 1.807) is 0 Å². The lowest BCUT2D eigenvalue weighted by Gasteiger charge is -2.00. The highest BCUT2D eigenvalue weighted by molar-refractivity contribution is 6.03. The standard InChI is InChI=1S/C9H6FN3O2/c10-8-3-6(1-2-11-8)9(14)13-7-4-12-15-5-7/h1-5H,(H,13,14). The summed E-state index contributed by atoms with van der Waals surface area (Å²) >= 11 is 0. The molecule has 0 radical (unpaired) electrons. The molecule has 0 saturated carbocycles. The number of aromatic nitrogens is 2. The van der Waals surface area contributed by atoms with Crippen LogP contribution < -0.4 is 5.32 Å². The minimum atomic E-state index is -0.701. The van der Waals surface area contributed by atoms with Crippen molar-refractivity contribution in [1.82, 2.24) is 10.1 Å². The van der Waals surface area contributed by atoms with Crippen molar-refractivity contribution >= 4 is 11.6 Å². The molecule has 6 heteroatoms. The smallest absolute Gasteiger partial charge is 0.256 e. The molecule has 0 fully saturated rings. The number of amides is 1. The van der Waals surface area contributed by atoms with Gasteiger partial charge in [-0.1, -0.05) is 5.16 Å². The summed E-state index contributed by atoms with van der Waals surface area (Å²) in [6, 6.07) is 2.45. The Labute approximate surface area is 83.9 Å². The summed E-state index contributed by atoms with van der Waals surface area (Å²) in [5, 5.41) is 5.89. The molecule has 15 heavy (non-hydrogen) atoms. The highest BCUT2D eigenvalue weighted by Gasteiger charge is 2.07. The van der Waals surface area contributed by atoms with E-state index in [2.05, 4.69) is 20.0 Å². The summed E-state index contributed by atoms with van der Waals surface area (Å²) in [5.74, 6) is -1.15. The van der Waals surface area contributed by atoms with Crippen molar-refractivity contribution in [3.8, 4) is 0 Å². The van der Waals surface area contributed by atoms with Crippen molar-refractivity contribution in [1.29, 1.82) is 0 Å². The zero-order chi connectivity index (χ0) is 10.7. The maximum atomic E-state index is 12.7. The molecule has 0 aromatic carbocycles. The number of halogens is 1. The molecule has 0 aliphatic heterocycles. The fourth-order valence-electron chi connectivity index (χ4n) is 1.01. The van der Waals surface area contributed by atoms with Crippen LogP contribution in [0, 0.1) is 5.95 Å². The number of nitrogens with one attached hydrogen (secondary N) is 1. The normalized spacial score (nSPS) is 9.93. The van der Waals surface area contributed by atoms with E-state index in [0.29, 0.717) is 5.69 Å². The van der Waals surface area contributed by atoms with Crippen molar-refractivity contribution in [2.75, 3.05) is 5.32 Å². The Kier molecular flexibility index (Phi) is 2.40. The van der Waals surface area contributed by atoms with Gasteiger partial charge in [0.1, 0.15) is 12.0 Å². The van der Waals surface area contributed by atoms with Gasteiger partial charge in [-0.2, -0.15) is 4.39 Å². The lowest BCUT2D eigenvalue weighted by molar-refractivity contribution is 0.102. The second-order valence-corrected chi connectivity index (χ2v) is 2.73. The van der Waals surface area contributed by atoms with Gasteiger partial charge < -0.3 is 9.84 Å². The van der Waals surface area contributed by atoms with E-state index < -0.39 is 11.9 Å². The Balaban J connectivity index is 2.15. The summed E-state index contributed by atoms with van der Waals surface area (Å²) in [5.41, 5.74) is 0.598. The third kappa shape index (κ3) is 2.16. The fraction of sp³-hybridized carbons (Fsp3) is 0. The highest BCUT2D eigenvalue weighted by Crippen LogP contribution is 2.07. The third-order valence-corrected chi connectivity index (χ3v) is 1.68. The molecule has 1 amide bonds. The molecular weight excluding hydrogens is 201 g/mol. The largest absolute Gasteiger partial charge is 0.363 e. The van der Waals surface area contributed by atoms with E-state index in [0.717, 1.165) is 6.07 Å². The van der Waals surface area contributed by atoms with Crippen LogP contribution in [0.2, 0.25) is 0 Å². The number of hydrogen-bond donors (Lipinski definition) is 1. The maximum absolute atomic E-state index is 12.7. The van der Waals surface area contributed by atoms with E-state index in [1.807, 2.05) is 0 Å². The van der Waals surface area contributed by atoms with Crippen molar-refractivity contribution in [2.45, 2.75) is 0 Å². The van der Waals surface area contributed by atoms with Gasteiger partial charge in [0, 0.05) is 17.8 Å². The van der Waals surface area contributed by atoms with Crippen LogP contribution in [0.5, 0.6) is 0 Å². The van der Waals surface area contributed by atoms with Crippen LogP contribution in [0.1, 0.15) is 10.4 Å². The molecule has 2 rings (SSSR count). The number of carbonyl (C=O) groups excluding carboxylic acids is 1. The minimum absolute atomic E-state index is 0.184. The quantitative estimate of drug-likeness (QED) is 0.757. The van der Waals surface area contributed by atoms with Crippen LogP contribution in [0.3, 0.4) is 0 Å². The molecule has 1 N–H and O–H groups in total. The van der Waals surface area contributed by atoms with Crippen LogP contribution in [-0.4, -0.2) is 16.0 Å². The second-order valence-electron chi connectivity index (χ2n) is 2.73. The molecular formula is C9H6FN3O2. The van der Waals surface area contributed by atoms with Gasteiger partial charge >= 0.3 is 0 Å². The SMILES string of the molecule is O=C(Nc1cnoc1)c1ccnc(F)c1. The maximum Gasteiger partial charge on any atom is 0.256 e. The van der Waals surface area contributed by atoms with E-state index in [4.69, 9.17) is 0 Å². The van der Waals surface area contributed by atoms with E-state index >= 15 is 0 Å². The van der Waals surface area contributed by atoms with Crippen LogP contribution in [0.15, 0.2) is 35.3 Å². The number of pyridine rings is 1. The van der Waals surface area contributed by atoms with Crippen LogP contribution in [0.25, 0.3) is 0 Å². The Morgan fingerprint density at radius 2 is 2.40 bits per heavy atom. The first-order valence-electron chi connectivity index (χ1n) is 4.08. The van der Waals surface area contributed by atoms with Crippen LogP contribution in [-0.2, 0) is 0 Å². The van der Waals surface area contributed by atoms with E-state index in [1.165, 1.54) is 24.7 Å². The summed E-state index contributed by atoms with van der Waals surface area (Å²) in [7, 11) is 0. The first kappa shape index (κ1) is 9.32.